The predicted octanol–water partition coefficient (Wildman–Crippen LogP) is 3.75. The summed E-state index contributed by atoms with van der Waals surface area (Å²) in [6.07, 6.45) is 7.39. The summed E-state index contributed by atoms with van der Waals surface area (Å²) in [5.41, 5.74) is 0.0232. The molecule has 3 aliphatic carbocycles. The van der Waals surface area contributed by atoms with Gasteiger partial charge in [0.15, 0.2) is 5.13 Å². The Morgan fingerprint density at radius 3 is 2.61 bits per heavy atom. The molecule has 2 fully saturated rings. The molecule has 1 aromatic rings. The van der Waals surface area contributed by atoms with Gasteiger partial charge in [0.25, 0.3) is 0 Å². The van der Waals surface area contributed by atoms with Crippen molar-refractivity contribution in [3.05, 3.63) is 10.6 Å². The standard InChI is InChI=1S/C25H39N3O4S/c1-4-5-6-7-20(31)27-23-28-22-16(12-21(32)26-15-8-9-15)24(2)11-10-19(30)25(3,14-29)18(24)13-17(22)33-23/h15-16,18-19,29-30H,4-14H2,1-3H3,(H,26,32)(H,27,28,31)/t16-,18-,19-,24+,25+/m1/s1. The molecule has 0 saturated heterocycles. The fraction of sp³-hybridized carbons (Fsp3) is 0.800. The summed E-state index contributed by atoms with van der Waals surface area (Å²) in [6.45, 7) is 6.20. The number of hydrogen-bond acceptors (Lipinski definition) is 6. The van der Waals surface area contributed by atoms with Gasteiger partial charge in [-0.25, -0.2) is 4.98 Å². The number of thiazole rings is 1. The number of rotatable bonds is 9. The third-order valence-corrected chi connectivity index (χ3v) is 9.49. The van der Waals surface area contributed by atoms with Crippen LogP contribution in [0.25, 0.3) is 0 Å². The van der Waals surface area contributed by atoms with Gasteiger partial charge in [-0.2, -0.15) is 0 Å². The van der Waals surface area contributed by atoms with Crippen LogP contribution in [0.4, 0.5) is 5.13 Å². The number of amides is 2. The van der Waals surface area contributed by atoms with E-state index in [-0.39, 0.29) is 35.7 Å². The van der Waals surface area contributed by atoms with Crippen LogP contribution in [0, 0.1) is 16.7 Å². The SMILES string of the molecule is CCCCCC(=O)Nc1nc2c(s1)C[C@H]1[C@](C)(CO)[C@H](O)CC[C@@]1(C)[C@@H]2CC(=O)NC1CC1. The molecule has 5 atom stereocenters. The van der Waals surface area contributed by atoms with Crippen molar-refractivity contribution >= 4 is 28.3 Å². The normalized spacial score (nSPS) is 33.2. The number of nitrogens with one attached hydrogen (secondary N) is 2. The Balaban J connectivity index is 1.63. The summed E-state index contributed by atoms with van der Waals surface area (Å²) in [4.78, 5) is 31.3. The quantitative estimate of drug-likeness (QED) is 0.405. The van der Waals surface area contributed by atoms with Gasteiger partial charge in [-0.1, -0.05) is 33.6 Å². The van der Waals surface area contributed by atoms with Crippen molar-refractivity contribution in [2.24, 2.45) is 16.7 Å². The van der Waals surface area contributed by atoms with E-state index in [0.717, 1.165) is 49.1 Å². The van der Waals surface area contributed by atoms with E-state index in [0.29, 0.717) is 36.9 Å². The highest BCUT2D eigenvalue weighted by Gasteiger charge is 2.59. The number of nitrogens with zero attached hydrogens (tertiary/aromatic N) is 1. The van der Waals surface area contributed by atoms with E-state index < -0.39 is 11.5 Å². The third-order valence-electron chi connectivity index (χ3n) is 8.48. The molecule has 1 aromatic heterocycles. The Labute approximate surface area is 200 Å². The van der Waals surface area contributed by atoms with E-state index in [1.54, 1.807) is 0 Å². The lowest BCUT2D eigenvalue weighted by Crippen LogP contribution is -2.57. The number of aromatic nitrogens is 1. The van der Waals surface area contributed by atoms with E-state index in [9.17, 15) is 19.8 Å². The van der Waals surface area contributed by atoms with Gasteiger partial charge in [0.05, 0.1) is 18.4 Å². The maximum atomic E-state index is 12.9. The average Bonchev–Trinajstić information content (AvgIpc) is 3.50. The lowest BCUT2D eigenvalue weighted by atomic mass is 9.47. The number of hydrogen-bond donors (Lipinski definition) is 4. The summed E-state index contributed by atoms with van der Waals surface area (Å²) in [5.74, 6) is -0.0500. The number of unbranched alkanes of at least 4 members (excludes halogenated alkanes) is 2. The van der Waals surface area contributed by atoms with Crippen molar-refractivity contribution in [2.75, 3.05) is 11.9 Å². The molecule has 3 aliphatic rings. The van der Waals surface area contributed by atoms with Gasteiger partial charge < -0.3 is 20.8 Å². The summed E-state index contributed by atoms with van der Waals surface area (Å²) in [7, 11) is 0. The van der Waals surface area contributed by atoms with E-state index >= 15 is 0 Å². The van der Waals surface area contributed by atoms with Gasteiger partial charge in [-0.3, -0.25) is 9.59 Å². The van der Waals surface area contributed by atoms with Crippen molar-refractivity contribution in [1.82, 2.24) is 10.3 Å². The number of aliphatic hydroxyl groups is 2. The fourth-order valence-corrected chi connectivity index (χ4v) is 7.20. The van der Waals surface area contributed by atoms with Crippen molar-refractivity contribution in [1.29, 1.82) is 0 Å². The van der Waals surface area contributed by atoms with Gasteiger partial charge in [0.2, 0.25) is 11.8 Å². The molecule has 8 heteroatoms. The first-order chi connectivity index (χ1) is 15.7. The Kier molecular flexibility index (Phi) is 7.18. The number of carbonyl (C=O) groups is 2. The van der Waals surface area contributed by atoms with E-state index in [2.05, 4.69) is 24.5 Å². The molecule has 0 aliphatic heterocycles. The molecule has 184 valence electrons. The third kappa shape index (κ3) is 4.84. The van der Waals surface area contributed by atoms with Crippen LogP contribution in [0.3, 0.4) is 0 Å². The Morgan fingerprint density at radius 1 is 1.18 bits per heavy atom. The van der Waals surface area contributed by atoms with Gasteiger partial charge in [-0.15, -0.1) is 11.3 Å². The monoisotopic (exact) mass is 477 g/mol. The Hall–Kier alpha value is -1.51. The summed E-state index contributed by atoms with van der Waals surface area (Å²) in [5, 5.41) is 27.9. The number of carbonyl (C=O) groups excluding carboxylic acids is 2. The minimum absolute atomic E-state index is 0.0168. The van der Waals surface area contributed by atoms with Gasteiger partial charge >= 0.3 is 0 Å². The highest BCUT2D eigenvalue weighted by atomic mass is 32.1. The molecule has 2 amide bonds. The molecule has 4 N–H and O–H groups in total. The zero-order valence-corrected chi connectivity index (χ0v) is 21.0. The highest BCUT2D eigenvalue weighted by Crippen LogP contribution is 2.62. The molecular formula is C25H39N3O4S. The van der Waals surface area contributed by atoms with Crippen LogP contribution < -0.4 is 10.6 Å². The van der Waals surface area contributed by atoms with Crippen LogP contribution in [0.1, 0.15) is 95.0 Å². The van der Waals surface area contributed by atoms with Crippen molar-refractivity contribution < 1.29 is 19.8 Å². The van der Waals surface area contributed by atoms with Crippen molar-refractivity contribution in [3.8, 4) is 0 Å². The molecule has 0 aromatic carbocycles. The summed E-state index contributed by atoms with van der Waals surface area (Å²) in [6, 6.07) is 0.299. The zero-order chi connectivity index (χ0) is 23.8. The zero-order valence-electron chi connectivity index (χ0n) is 20.2. The molecule has 0 unspecified atom stereocenters. The molecular weight excluding hydrogens is 438 g/mol. The van der Waals surface area contributed by atoms with Gasteiger partial charge in [-0.05, 0) is 49.9 Å². The topological polar surface area (TPSA) is 112 Å². The minimum Gasteiger partial charge on any atom is -0.396 e. The molecule has 0 bridgehead atoms. The molecule has 0 spiro atoms. The maximum absolute atomic E-state index is 12.9. The van der Waals surface area contributed by atoms with Crippen LogP contribution in [-0.4, -0.2) is 45.8 Å². The van der Waals surface area contributed by atoms with Crippen LogP contribution in [0.2, 0.25) is 0 Å². The van der Waals surface area contributed by atoms with Gasteiger partial charge in [0.1, 0.15) is 0 Å². The molecule has 33 heavy (non-hydrogen) atoms. The second kappa shape index (κ2) is 9.62. The van der Waals surface area contributed by atoms with Crippen LogP contribution in [0.5, 0.6) is 0 Å². The molecule has 1 heterocycles. The first-order valence-electron chi connectivity index (χ1n) is 12.6. The van der Waals surface area contributed by atoms with Crippen LogP contribution >= 0.6 is 11.3 Å². The fourth-order valence-electron chi connectivity index (χ4n) is 6.12. The van der Waals surface area contributed by atoms with E-state index in [1.807, 2.05) is 6.92 Å². The predicted molar refractivity (Wildman–Crippen MR) is 129 cm³/mol. The highest BCUT2D eigenvalue weighted by molar-refractivity contribution is 7.15. The number of aliphatic hydroxyl groups excluding tert-OH is 2. The number of fused-ring (bicyclic) bond motifs is 2. The van der Waals surface area contributed by atoms with Crippen molar-refractivity contribution in [2.45, 2.75) is 103 Å². The largest absolute Gasteiger partial charge is 0.396 e. The smallest absolute Gasteiger partial charge is 0.226 e. The first-order valence-corrected chi connectivity index (χ1v) is 13.4. The average molecular weight is 478 g/mol. The lowest BCUT2D eigenvalue weighted by molar-refractivity contribution is -0.144. The van der Waals surface area contributed by atoms with Crippen molar-refractivity contribution in [3.63, 3.8) is 0 Å². The second-order valence-corrected chi connectivity index (χ2v) is 12.0. The van der Waals surface area contributed by atoms with Crippen LogP contribution in [-0.2, 0) is 16.0 Å². The van der Waals surface area contributed by atoms with E-state index in [1.165, 1.54) is 11.3 Å². The molecule has 0 radical (unpaired) electrons. The second-order valence-electron chi connectivity index (χ2n) is 10.9. The van der Waals surface area contributed by atoms with Crippen LogP contribution in [0.15, 0.2) is 0 Å². The van der Waals surface area contributed by atoms with Gasteiger partial charge in [0, 0.05) is 35.1 Å². The summed E-state index contributed by atoms with van der Waals surface area (Å²) >= 11 is 1.49. The minimum atomic E-state index is -0.635. The molecule has 2 saturated carbocycles. The molecule has 4 rings (SSSR count). The van der Waals surface area contributed by atoms with E-state index in [4.69, 9.17) is 4.98 Å². The Morgan fingerprint density at radius 2 is 1.94 bits per heavy atom. The summed E-state index contributed by atoms with van der Waals surface area (Å²) < 4.78 is 0. The maximum Gasteiger partial charge on any atom is 0.226 e. The lowest BCUT2D eigenvalue weighted by Gasteiger charge is -2.58. The number of anilines is 1. The Bertz CT molecular complexity index is 885. The first kappa shape index (κ1) is 24.6. The molecule has 7 nitrogen and oxygen atoms in total.